The first kappa shape index (κ1) is 17.0. The Bertz CT molecular complexity index is 418. The van der Waals surface area contributed by atoms with Gasteiger partial charge in [-0.05, 0) is 45.1 Å². The molecule has 118 valence electrons. The van der Waals surface area contributed by atoms with Gasteiger partial charge in [0, 0.05) is 18.4 Å². The summed E-state index contributed by atoms with van der Waals surface area (Å²) >= 11 is 3.80. The predicted molar refractivity (Wildman–Crippen MR) is 91.1 cm³/mol. The number of hydrogen-bond donors (Lipinski definition) is 0. The Hall–Kier alpha value is -0.380. The van der Waals surface area contributed by atoms with E-state index in [-0.39, 0.29) is 5.60 Å². The summed E-state index contributed by atoms with van der Waals surface area (Å²) in [7, 11) is 1.78. The van der Waals surface area contributed by atoms with Crippen LogP contribution in [0, 0.1) is 0 Å². The predicted octanol–water partition coefficient (Wildman–Crippen LogP) is 4.75. The van der Waals surface area contributed by atoms with Crippen molar-refractivity contribution in [3.8, 4) is 0 Å². The van der Waals surface area contributed by atoms with E-state index >= 15 is 0 Å². The van der Waals surface area contributed by atoms with Gasteiger partial charge in [0.25, 0.3) is 0 Å². The van der Waals surface area contributed by atoms with Crippen molar-refractivity contribution in [1.82, 2.24) is 0 Å². The standard InChI is InChI=1S/C18H27BrO2/c1-18(2,20-3)13-17-12-15(19)11-16(21-17)10-9-14-7-5-4-6-8-14/h4-8,15-17H,9-13H2,1-3H3/t15-,16+,17+/m1/s1. The van der Waals surface area contributed by atoms with Gasteiger partial charge in [0.2, 0.25) is 0 Å². The Balaban J connectivity index is 1.86. The molecular formula is C18H27BrO2. The van der Waals surface area contributed by atoms with Crippen molar-refractivity contribution in [2.75, 3.05) is 7.11 Å². The maximum Gasteiger partial charge on any atom is 0.0647 e. The minimum absolute atomic E-state index is 0.112. The van der Waals surface area contributed by atoms with Crippen LogP contribution < -0.4 is 0 Å². The molecule has 2 nitrogen and oxygen atoms in total. The molecule has 0 radical (unpaired) electrons. The maximum atomic E-state index is 6.31. The zero-order valence-corrected chi connectivity index (χ0v) is 14.9. The van der Waals surface area contributed by atoms with Crippen molar-refractivity contribution in [2.24, 2.45) is 0 Å². The third kappa shape index (κ3) is 5.72. The lowest BCUT2D eigenvalue weighted by molar-refractivity contribution is -0.0930. The second kappa shape index (κ2) is 7.75. The quantitative estimate of drug-likeness (QED) is 0.686. The van der Waals surface area contributed by atoms with Crippen LogP contribution in [0.25, 0.3) is 0 Å². The number of methoxy groups -OCH3 is 1. The molecule has 21 heavy (non-hydrogen) atoms. The highest BCUT2D eigenvalue weighted by atomic mass is 79.9. The Morgan fingerprint density at radius 3 is 2.52 bits per heavy atom. The van der Waals surface area contributed by atoms with E-state index in [1.807, 2.05) is 0 Å². The zero-order valence-electron chi connectivity index (χ0n) is 13.3. The van der Waals surface area contributed by atoms with Gasteiger partial charge in [0.05, 0.1) is 17.8 Å². The normalized spacial score (nSPS) is 26.8. The Morgan fingerprint density at radius 1 is 1.19 bits per heavy atom. The van der Waals surface area contributed by atoms with Gasteiger partial charge in [0.15, 0.2) is 0 Å². The molecule has 3 heteroatoms. The molecule has 1 fully saturated rings. The smallest absolute Gasteiger partial charge is 0.0647 e. The molecule has 0 aliphatic carbocycles. The Labute approximate surface area is 137 Å². The molecule has 0 saturated carbocycles. The highest BCUT2D eigenvalue weighted by Crippen LogP contribution is 2.32. The lowest BCUT2D eigenvalue weighted by Gasteiger charge is -2.37. The molecule has 2 rings (SSSR count). The van der Waals surface area contributed by atoms with E-state index in [1.165, 1.54) is 5.56 Å². The van der Waals surface area contributed by atoms with Gasteiger partial charge in [-0.2, -0.15) is 0 Å². The Morgan fingerprint density at radius 2 is 1.86 bits per heavy atom. The lowest BCUT2D eigenvalue weighted by atomic mass is 9.92. The first-order chi connectivity index (χ1) is 9.98. The van der Waals surface area contributed by atoms with Crippen LogP contribution in [0.1, 0.15) is 45.1 Å². The fraction of sp³-hybridized carbons (Fsp3) is 0.667. The van der Waals surface area contributed by atoms with E-state index < -0.39 is 0 Å². The van der Waals surface area contributed by atoms with E-state index in [1.54, 1.807) is 7.11 Å². The molecule has 1 aromatic rings. The van der Waals surface area contributed by atoms with Crippen LogP contribution in [0.2, 0.25) is 0 Å². The summed E-state index contributed by atoms with van der Waals surface area (Å²) in [5.41, 5.74) is 1.28. The van der Waals surface area contributed by atoms with Crippen LogP contribution in [-0.2, 0) is 15.9 Å². The molecule has 1 aromatic carbocycles. The van der Waals surface area contributed by atoms with Crippen molar-refractivity contribution in [1.29, 1.82) is 0 Å². The molecular weight excluding hydrogens is 328 g/mol. The third-order valence-electron chi connectivity index (χ3n) is 4.29. The number of alkyl halides is 1. The second-order valence-electron chi connectivity index (χ2n) is 6.64. The third-order valence-corrected chi connectivity index (χ3v) is 5.04. The monoisotopic (exact) mass is 354 g/mol. The number of halogens is 1. The van der Waals surface area contributed by atoms with Gasteiger partial charge < -0.3 is 9.47 Å². The van der Waals surface area contributed by atoms with Crippen molar-refractivity contribution in [2.45, 2.75) is 68.6 Å². The topological polar surface area (TPSA) is 18.5 Å². The summed E-state index contributed by atoms with van der Waals surface area (Å²) in [5, 5.41) is 0. The van der Waals surface area contributed by atoms with Crippen molar-refractivity contribution in [3.05, 3.63) is 35.9 Å². The zero-order chi connectivity index (χ0) is 15.3. The van der Waals surface area contributed by atoms with Crippen LogP contribution in [0.15, 0.2) is 30.3 Å². The van der Waals surface area contributed by atoms with Gasteiger partial charge >= 0.3 is 0 Å². The summed E-state index contributed by atoms with van der Waals surface area (Å²) in [6.07, 6.45) is 5.96. The molecule has 0 amide bonds. The van der Waals surface area contributed by atoms with Gasteiger partial charge in [-0.3, -0.25) is 0 Å². The first-order valence-corrected chi connectivity index (χ1v) is 8.78. The van der Waals surface area contributed by atoms with Gasteiger partial charge in [-0.25, -0.2) is 0 Å². The largest absolute Gasteiger partial charge is 0.379 e. The molecule has 0 spiro atoms. The van der Waals surface area contributed by atoms with Crippen LogP contribution in [0.3, 0.4) is 0 Å². The van der Waals surface area contributed by atoms with E-state index in [2.05, 4.69) is 60.1 Å². The molecule has 0 bridgehead atoms. The summed E-state index contributed by atoms with van der Waals surface area (Å²) in [6.45, 7) is 4.26. The molecule has 0 N–H and O–H groups in total. The number of hydrogen-bond acceptors (Lipinski definition) is 2. The summed E-state index contributed by atoms with van der Waals surface area (Å²) in [4.78, 5) is 0.560. The molecule has 1 heterocycles. The van der Waals surface area contributed by atoms with Gasteiger partial charge in [-0.15, -0.1) is 0 Å². The minimum Gasteiger partial charge on any atom is -0.379 e. The highest BCUT2D eigenvalue weighted by Gasteiger charge is 2.32. The molecule has 0 unspecified atom stereocenters. The average Bonchev–Trinajstić information content (AvgIpc) is 2.45. The van der Waals surface area contributed by atoms with Crippen molar-refractivity contribution in [3.63, 3.8) is 0 Å². The van der Waals surface area contributed by atoms with E-state index in [9.17, 15) is 0 Å². The average molecular weight is 355 g/mol. The van der Waals surface area contributed by atoms with Crippen LogP contribution in [-0.4, -0.2) is 29.7 Å². The first-order valence-electron chi connectivity index (χ1n) is 7.87. The molecule has 1 aliphatic heterocycles. The lowest BCUT2D eigenvalue weighted by Crippen LogP contribution is -2.38. The van der Waals surface area contributed by atoms with Crippen LogP contribution in [0.4, 0.5) is 0 Å². The fourth-order valence-electron chi connectivity index (χ4n) is 2.97. The summed E-state index contributed by atoms with van der Waals surface area (Å²) in [5.74, 6) is 0. The van der Waals surface area contributed by atoms with E-state index in [0.717, 1.165) is 32.1 Å². The van der Waals surface area contributed by atoms with E-state index in [4.69, 9.17) is 9.47 Å². The molecule has 3 atom stereocenters. The SMILES string of the molecule is COC(C)(C)C[C@@H]1C[C@H](Br)C[C@H](CCc2ccccc2)O1. The van der Waals surface area contributed by atoms with Crippen LogP contribution >= 0.6 is 15.9 Å². The van der Waals surface area contributed by atoms with Gasteiger partial charge in [-0.1, -0.05) is 46.3 Å². The second-order valence-corrected chi connectivity index (χ2v) is 7.94. The number of benzene rings is 1. The van der Waals surface area contributed by atoms with Crippen LogP contribution in [0.5, 0.6) is 0 Å². The number of rotatable bonds is 6. The fourth-order valence-corrected chi connectivity index (χ4v) is 3.81. The Kier molecular flexibility index (Phi) is 6.27. The summed E-state index contributed by atoms with van der Waals surface area (Å²) < 4.78 is 11.9. The highest BCUT2D eigenvalue weighted by molar-refractivity contribution is 9.09. The number of ether oxygens (including phenoxy) is 2. The maximum absolute atomic E-state index is 6.31. The molecule has 1 aliphatic rings. The van der Waals surface area contributed by atoms with Crippen molar-refractivity contribution >= 4 is 15.9 Å². The number of aryl methyl sites for hydroxylation is 1. The van der Waals surface area contributed by atoms with E-state index in [0.29, 0.717) is 17.0 Å². The molecule has 1 saturated heterocycles. The van der Waals surface area contributed by atoms with Crippen molar-refractivity contribution < 1.29 is 9.47 Å². The molecule has 0 aromatic heterocycles. The summed E-state index contributed by atoms with van der Waals surface area (Å²) in [6, 6.07) is 10.7. The van der Waals surface area contributed by atoms with Gasteiger partial charge in [0.1, 0.15) is 0 Å². The minimum atomic E-state index is -0.112.